The fraction of sp³-hybridized carbons (Fsp3) is 0.300. The van der Waals surface area contributed by atoms with Gasteiger partial charge < -0.3 is 15.0 Å². The number of ether oxygens (including phenoxy) is 1. The Hall–Kier alpha value is -2.37. The van der Waals surface area contributed by atoms with Crippen LogP contribution in [-0.4, -0.2) is 41.5 Å². The maximum atomic E-state index is 5.79. The first-order valence-electron chi connectivity index (χ1n) is 8.60. The zero-order valence-corrected chi connectivity index (χ0v) is 15.8. The van der Waals surface area contributed by atoms with Crippen LogP contribution >= 0.6 is 11.6 Å². The predicted octanol–water partition coefficient (Wildman–Crippen LogP) is 4.44. The Labute approximate surface area is 159 Å². The third-order valence-electron chi connectivity index (χ3n) is 3.91. The van der Waals surface area contributed by atoms with Crippen molar-refractivity contribution >= 4 is 34.0 Å². The minimum Gasteiger partial charge on any atom is -0.494 e. The Morgan fingerprint density at radius 2 is 1.96 bits per heavy atom. The summed E-state index contributed by atoms with van der Waals surface area (Å²) in [6, 6.07) is 14.0. The molecule has 0 spiro atoms. The number of nitrogens with one attached hydrogen (secondary N) is 1. The second kappa shape index (κ2) is 8.83. The first-order chi connectivity index (χ1) is 12.7. The van der Waals surface area contributed by atoms with Crippen molar-refractivity contribution in [2.45, 2.75) is 13.0 Å². The molecule has 1 heterocycles. The monoisotopic (exact) mass is 370 g/mol. The van der Waals surface area contributed by atoms with Gasteiger partial charge in [-0.15, -0.1) is 11.6 Å². The number of rotatable bonds is 8. The molecule has 0 aliphatic heterocycles. The summed E-state index contributed by atoms with van der Waals surface area (Å²) in [6.07, 6.45) is 2.41. The van der Waals surface area contributed by atoms with Gasteiger partial charge in [-0.2, -0.15) is 0 Å². The molecule has 0 aliphatic rings. The lowest BCUT2D eigenvalue weighted by Crippen LogP contribution is -2.12. The molecular weight excluding hydrogens is 348 g/mol. The van der Waals surface area contributed by atoms with Gasteiger partial charge in [0.05, 0.1) is 12.1 Å². The lowest BCUT2D eigenvalue weighted by Gasteiger charge is -2.17. The van der Waals surface area contributed by atoms with Crippen molar-refractivity contribution in [3.8, 4) is 5.75 Å². The Kier molecular flexibility index (Phi) is 6.26. The summed E-state index contributed by atoms with van der Waals surface area (Å²) >= 11 is 5.72. The molecule has 0 fully saturated rings. The van der Waals surface area contributed by atoms with Gasteiger partial charge in [0.15, 0.2) is 0 Å². The molecule has 5 nitrogen and oxygen atoms in total. The van der Waals surface area contributed by atoms with E-state index in [9.17, 15) is 0 Å². The van der Waals surface area contributed by atoms with Crippen molar-refractivity contribution in [2.24, 2.45) is 0 Å². The molecule has 0 atom stereocenters. The maximum absolute atomic E-state index is 5.79. The highest BCUT2D eigenvalue weighted by Crippen LogP contribution is 2.28. The lowest BCUT2D eigenvalue weighted by atomic mass is 10.1. The molecule has 0 saturated heterocycles. The number of benzene rings is 2. The number of para-hydroxylation sites is 1. The number of hydrogen-bond acceptors (Lipinski definition) is 5. The Morgan fingerprint density at radius 3 is 2.77 bits per heavy atom. The Balaban J connectivity index is 1.90. The smallest absolute Gasteiger partial charge is 0.141 e. The van der Waals surface area contributed by atoms with Crippen LogP contribution in [0, 0.1) is 0 Å². The molecule has 6 heteroatoms. The van der Waals surface area contributed by atoms with Gasteiger partial charge in [-0.05, 0) is 56.4 Å². The van der Waals surface area contributed by atoms with E-state index >= 15 is 0 Å². The van der Waals surface area contributed by atoms with Crippen LogP contribution in [0.4, 0.5) is 11.5 Å². The van der Waals surface area contributed by atoms with E-state index in [-0.39, 0.29) is 0 Å². The van der Waals surface area contributed by atoms with Crippen LogP contribution in [-0.2, 0) is 6.54 Å². The summed E-state index contributed by atoms with van der Waals surface area (Å²) in [5.41, 5.74) is 3.06. The summed E-state index contributed by atoms with van der Waals surface area (Å²) in [5.74, 6) is 2.25. The van der Waals surface area contributed by atoms with E-state index < -0.39 is 0 Å². The van der Waals surface area contributed by atoms with Crippen LogP contribution in [0.3, 0.4) is 0 Å². The molecule has 1 aromatic heterocycles. The summed E-state index contributed by atoms with van der Waals surface area (Å²) in [4.78, 5) is 10.9. The van der Waals surface area contributed by atoms with Crippen LogP contribution in [0.2, 0.25) is 0 Å². The van der Waals surface area contributed by atoms with Gasteiger partial charge in [-0.25, -0.2) is 9.97 Å². The highest BCUT2D eigenvalue weighted by atomic mass is 35.5. The first kappa shape index (κ1) is 18.4. The van der Waals surface area contributed by atoms with Crippen LogP contribution in [0.5, 0.6) is 5.75 Å². The highest BCUT2D eigenvalue weighted by molar-refractivity contribution is 6.17. The molecular formula is C20H23ClN4O. The third-order valence-corrected chi connectivity index (χ3v) is 4.17. The number of hydrogen-bond donors (Lipinski definition) is 1. The van der Waals surface area contributed by atoms with E-state index in [0.29, 0.717) is 12.5 Å². The van der Waals surface area contributed by atoms with E-state index in [1.54, 1.807) is 6.33 Å². The number of nitrogens with zero attached hydrogens (tertiary/aromatic N) is 3. The summed E-state index contributed by atoms with van der Waals surface area (Å²) in [5, 5.41) is 4.45. The number of alkyl halides is 1. The lowest BCUT2D eigenvalue weighted by molar-refractivity contribution is 0.317. The van der Waals surface area contributed by atoms with E-state index in [2.05, 4.69) is 26.3 Å². The zero-order valence-electron chi connectivity index (χ0n) is 15.1. The molecule has 136 valence electrons. The number of fused-ring (bicyclic) bond motifs is 1. The third kappa shape index (κ3) is 4.62. The molecule has 3 aromatic rings. The summed E-state index contributed by atoms with van der Waals surface area (Å²) < 4.78 is 5.79. The van der Waals surface area contributed by atoms with Crippen LogP contribution in [0.15, 0.2) is 48.8 Å². The van der Waals surface area contributed by atoms with Crippen LogP contribution < -0.4 is 10.1 Å². The predicted molar refractivity (Wildman–Crippen MR) is 107 cm³/mol. The Bertz CT molecular complexity index is 864. The van der Waals surface area contributed by atoms with Crippen molar-refractivity contribution in [1.82, 2.24) is 14.9 Å². The van der Waals surface area contributed by atoms with Crippen molar-refractivity contribution in [1.29, 1.82) is 0 Å². The van der Waals surface area contributed by atoms with E-state index in [4.69, 9.17) is 16.3 Å². The molecule has 0 radical (unpaired) electrons. The molecule has 0 bridgehead atoms. The van der Waals surface area contributed by atoms with Gasteiger partial charge in [0.1, 0.15) is 17.9 Å². The van der Waals surface area contributed by atoms with Gasteiger partial charge in [0.2, 0.25) is 0 Å². The fourth-order valence-corrected chi connectivity index (χ4v) is 2.84. The molecule has 0 amide bonds. The van der Waals surface area contributed by atoms with Crippen molar-refractivity contribution in [3.05, 3.63) is 54.4 Å². The topological polar surface area (TPSA) is 50.3 Å². The largest absolute Gasteiger partial charge is 0.494 e. The van der Waals surface area contributed by atoms with Gasteiger partial charge in [0.25, 0.3) is 0 Å². The van der Waals surface area contributed by atoms with Gasteiger partial charge in [-0.1, -0.05) is 12.1 Å². The standard InChI is InChI=1S/C20H23ClN4O/c1-25(2)13-15-12-16(26-11-5-10-21)8-9-18(15)24-20-17-6-3-4-7-19(17)22-14-23-20/h3-4,6-9,12,14H,5,10-11,13H2,1-2H3,(H,22,23,24). The molecule has 2 aromatic carbocycles. The van der Waals surface area contributed by atoms with Crippen LogP contribution in [0.25, 0.3) is 10.9 Å². The molecule has 0 unspecified atom stereocenters. The second-order valence-corrected chi connectivity index (χ2v) is 6.69. The zero-order chi connectivity index (χ0) is 18.4. The van der Waals surface area contributed by atoms with Crippen molar-refractivity contribution in [2.75, 3.05) is 31.9 Å². The fourth-order valence-electron chi connectivity index (χ4n) is 2.73. The molecule has 0 aliphatic carbocycles. The van der Waals surface area contributed by atoms with Gasteiger partial charge >= 0.3 is 0 Å². The SMILES string of the molecule is CN(C)Cc1cc(OCCCCl)ccc1Nc1ncnc2ccccc12. The minimum absolute atomic E-state index is 0.602. The maximum Gasteiger partial charge on any atom is 0.141 e. The number of halogens is 1. The van der Waals surface area contributed by atoms with E-state index in [0.717, 1.165) is 46.7 Å². The van der Waals surface area contributed by atoms with Crippen molar-refractivity contribution in [3.63, 3.8) is 0 Å². The average molecular weight is 371 g/mol. The van der Waals surface area contributed by atoms with Crippen LogP contribution in [0.1, 0.15) is 12.0 Å². The molecule has 0 saturated carbocycles. The van der Waals surface area contributed by atoms with Gasteiger partial charge in [-0.3, -0.25) is 0 Å². The quantitative estimate of drug-likeness (QED) is 0.469. The first-order valence-corrected chi connectivity index (χ1v) is 9.14. The van der Waals surface area contributed by atoms with E-state index in [1.165, 1.54) is 0 Å². The number of anilines is 2. The summed E-state index contributed by atoms with van der Waals surface area (Å²) in [7, 11) is 4.09. The van der Waals surface area contributed by atoms with Gasteiger partial charge in [0, 0.05) is 23.5 Å². The molecule has 26 heavy (non-hydrogen) atoms. The van der Waals surface area contributed by atoms with E-state index in [1.807, 2.05) is 50.5 Å². The normalized spacial score (nSPS) is 11.1. The molecule has 3 rings (SSSR count). The molecule has 1 N–H and O–H groups in total. The average Bonchev–Trinajstić information content (AvgIpc) is 2.64. The van der Waals surface area contributed by atoms with Crippen molar-refractivity contribution < 1.29 is 4.74 Å². The second-order valence-electron chi connectivity index (χ2n) is 6.31. The summed E-state index contributed by atoms with van der Waals surface area (Å²) in [6.45, 7) is 1.41. The number of aromatic nitrogens is 2. The minimum atomic E-state index is 0.602. The Morgan fingerprint density at radius 1 is 1.12 bits per heavy atom. The highest BCUT2D eigenvalue weighted by Gasteiger charge is 2.10.